The van der Waals surface area contributed by atoms with Crippen LogP contribution in [0.1, 0.15) is 56.3 Å². The van der Waals surface area contributed by atoms with Crippen molar-refractivity contribution in [1.29, 1.82) is 0 Å². The lowest BCUT2D eigenvalue weighted by atomic mass is 9.97. The van der Waals surface area contributed by atoms with Crippen molar-refractivity contribution in [3.05, 3.63) is 35.5 Å². The third-order valence-electron chi connectivity index (χ3n) is 4.21. The lowest BCUT2D eigenvalue weighted by Crippen LogP contribution is -2.26. The molecule has 1 aliphatic rings. The van der Waals surface area contributed by atoms with Crippen molar-refractivity contribution < 1.29 is 4.79 Å². The van der Waals surface area contributed by atoms with Gasteiger partial charge in [0, 0.05) is 31.4 Å². The van der Waals surface area contributed by atoms with Crippen LogP contribution in [0.25, 0.3) is 0 Å². The molecule has 22 heavy (non-hydrogen) atoms. The number of amides is 1. The molecule has 2 rings (SSSR count). The summed E-state index contributed by atoms with van der Waals surface area (Å²) in [6.07, 6.45) is 10.0. The fraction of sp³-hybridized carbons (Fsp3) is 0.556. The number of rotatable bonds is 7. The summed E-state index contributed by atoms with van der Waals surface area (Å²) in [5.74, 6) is 0.861. The molecule has 1 N–H and O–H groups in total. The predicted molar refractivity (Wildman–Crippen MR) is 91.3 cm³/mol. The van der Waals surface area contributed by atoms with E-state index in [4.69, 9.17) is 0 Å². The third-order valence-corrected chi connectivity index (χ3v) is 4.21. The Morgan fingerprint density at radius 1 is 1.32 bits per heavy atom. The Morgan fingerprint density at radius 2 is 2.14 bits per heavy atom. The average molecular weight is 301 g/mol. The smallest absolute Gasteiger partial charge is 0.251 e. The zero-order chi connectivity index (χ0) is 15.8. The summed E-state index contributed by atoms with van der Waals surface area (Å²) in [4.78, 5) is 18.8. The second-order valence-corrected chi connectivity index (χ2v) is 5.69. The quantitative estimate of drug-likeness (QED) is 0.783. The van der Waals surface area contributed by atoms with E-state index in [-0.39, 0.29) is 5.91 Å². The van der Waals surface area contributed by atoms with E-state index in [1.54, 1.807) is 12.3 Å². The van der Waals surface area contributed by atoms with Crippen LogP contribution in [-0.4, -0.2) is 30.5 Å². The summed E-state index contributed by atoms with van der Waals surface area (Å²) in [5.41, 5.74) is 2.18. The minimum atomic E-state index is -0.00721. The van der Waals surface area contributed by atoms with E-state index in [0.717, 1.165) is 25.3 Å². The molecule has 0 fully saturated rings. The van der Waals surface area contributed by atoms with Gasteiger partial charge in [-0.05, 0) is 58.1 Å². The van der Waals surface area contributed by atoms with Crippen LogP contribution in [0, 0.1) is 0 Å². The van der Waals surface area contributed by atoms with E-state index in [9.17, 15) is 4.79 Å². The first-order chi connectivity index (χ1) is 10.7. The van der Waals surface area contributed by atoms with Crippen molar-refractivity contribution in [2.24, 2.45) is 0 Å². The Bertz CT molecular complexity index is 521. The molecule has 1 heterocycles. The first-order valence-corrected chi connectivity index (χ1v) is 8.41. The van der Waals surface area contributed by atoms with Gasteiger partial charge in [0.15, 0.2) is 0 Å². The SMILES string of the molecule is CCN(CC)c1cc(C(=O)NCCC2=CCCCC2)ccn1. The molecule has 1 aromatic heterocycles. The highest BCUT2D eigenvalue weighted by molar-refractivity contribution is 5.94. The maximum absolute atomic E-state index is 12.3. The number of hydrogen-bond acceptors (Lipinski definition) is 3. The van der Waals surface area contributed by atoms with Crippen LogP contribution in [0.3, 0.4) is 0 Å². The van der Waals surface area contributed by atoms with E-state index in [1.165, 1.54) is 31.3 Å². The highest BCUT2D eigenvalue weighted by atomic mass is 16.1. The van der Waals surface area contributed by atoms with Crippen molar-refractivity contribution >= 4 is 11.7 Å². The van der Waals surface area contributed by atoms with Gasteiger partial charge in [-0.3, -0.25) is 4.79 Å². The molecule has 120 valence electrons. The molecule has 0 aliphatic heterocycles. The molecule has 0 saturated heterocycles. The van der Waals surface area contributed by atoms with Gasteiger partial charge in [0.25, 0.3) is 5.91 Å². The maximum Gasteiger partial charge on any atom is 0.251 e. The van der Waals surface area contributed by atoms with Crippen molar-refractivity contribution in [1.82, 2.24) is 10.3 Å². The number of aromatic nitrogens is 1. The normalized spacial score (nSPS) is 14.4. The van der Waals surface area contributed by atoms with Crippen LogP contribution in [0.2, 0.25) is 0 Å². The summed E-state index contributed by atoms with van der Waals surface area (Å²) in [7, 11) is 0. The molecule has 0 aromatic carbocycles. The summed E-state index contributed by atoms with van der Waals surface area (Å²) >= 11 is 0. The number of pyridine rings is 1. The summed E-state index contributed by atoms with van der Waals surface area (Å²) in [6.45, 7) is 6.69. The van der Waals surface area contributed by atoms with Gasteiger partial charge in [-0.2, -0.15) is 0 Å². The van der Waals surface area contributed by atoms with Crippen molar-refractivity contribution in [2.45, 2.75) is 46.0 Å². The number of carbonyl (C=O) groups excluding carboxylic acids is 1. The maximum atomic E-state index is 12.3. The largest absolute Gasteiger partial charge is 0.357 e. The Labute approximate surface area is 133 Å². The van der Waals surface area contributed by atoms with Crippen LogP contribution < -0.4 is 10.2 Å². The molecule has 0 unspecified atom stereocenters. The molecule has 0 radical (unpaired) electrons. The molecule has 0 bridgehead atoms. The number of hydrogen-bond donors (Lipinski definition) is 1. The fourth-order valence-electron chi connectivity index (χ4n) is 2.85. The Hall–Kier alpha value is -1.84. The van der Waals surface area contributed by atoms with Crippen LogP contribution in [0.5, 0.6) is 0 Å². The Morgan fingerprint density at radius 3 is 2.82 bits per heavy atom. The Kier molecular flexibility index (Phi) is 6.44. The molecule has 1 amide bonds. The van der Waals surface area contributed by atoms with Crippen LogP contribution in [0.15, 0.2) is 30.0 Å². The van der Waals surface area contributed by atoms with Gasteiger partial charge in [-0.1, -0.05) is 11.6 Å². The number of nitrogens with one attached hydrogen (secondary N) is 1. The first-order valence-electron chi connectivity index (χ1n) is 8.41. The second-order valence-electron chi connectivity index (χ2n) is 5.69. The first kappa shape index (κ1) is 16.5. The zero-order valence-corrected chi connectivity index (χ0v) is 13.8. The lowest BCUT2D eigenvalue weighted by Gasteiger charge is -2.20. The van der Waals surface area contributed by atoms with Crippen molar-refractivity contribution in [3.8, 4) is 0 Å². The van der Waals surface area contributed by atoms with Crippen LogP contribution in [-0.2, 0) is 0 Å². The molecule has 0 spiro atoms. The lowest BCUT2D eigenvalue weighted by molar-refractivity contribution is 0.0954. The number of nitrogens with zero attached hydrogens (tertiary/aromatic N) is 2. The summed E-state index contributed by atoms with van der Waals surface area (Å²) in [6, 6.07) is 3.66. The van der Waals surface area contributed by atoms with E-state index in [2.05, 4.69) is 35.1 Å². The van der Waals surface area contributed by atoms with Gasteiger partial charge in [-0.25, -0.2) is 4.98 Å². The molecule has 1 aliphatic carbocycles. The highest BCUT2D eigenvalue weighted by Crippen LogP contribution is 2.19. The number of allylic oxidation sites excluding steroid dienone is 1. The van der Waals surface area contributed by atoms with Crippen LogP contribution in [0.4, 0.5) is 5.82 Å². The van der Waals surface area contributed by atoms with Gasteiger partial charge in [0.1, 0.15) is 5.82 Å². The molecular formula is C18H27N3O. The van der Waals surface area contributed by atoms with E-state index < -0.39 is 0 Å². The summed E-state index contributed by atoms with van der Waals surface area (Å²) in [5, 5.41) is 3.02. The molecule has 0 saturated carbocycles. The van der Waals surface area contributed by atoms with Gasteiger partial charge in [-0.15, -0.1) is 0 Å². The molecule has 4 nitrogen and oxygen atoms in total. The highest BCUT2D eigenvalue weighted by Gasteiger charge is 2.10. The number of carbonyl (C=O) groups is 1. The zero-order valence-electron chi connectivity index (χ0n) is 13.8. The monoisotopic (exact) mass is 301 g/mol. The van der Waals surface area contributed by atoms with Crippen molar-refractivity contribution in [2.75, 3.05) is 24.5 Å². The second kappa shape index (κ2) is 8.57. The molecule has 0 atom stereocenters. The van der Waals surface area contributed by atoms with E-state index in [1.807, 2.05) is 6.07 Å². The standard InChI is InChI=1S/C18H27N3O/c1-3-21(4-2)17-14-16(11-13-19-17)18(22)20-12-10-15-8-6-5-7-9-15/h8,11,13-14H,3-7,9-10,12H2,1-2H3,(H,20,22). The minimum absolute atomic E-state index is 0.00721. The van der Waals surface area contributed by atoms with E-state index >= 15 is 0 Å². The number of anilines is 1. The van der Waals surface area contributed by atoms with Crippen molar-refractivity contribution in [3.63, 3.8) is 0 Å². The average Bonchev–Trinajstić information content (AvgIpc) is 2.57. The van der Waals surface area contributed by atoms with Crippen LogP contribution >= 0.6 is 0 Å². The minimum Gasteiger partial charge on any atom is -0.357 e. The Balaban J connectivity index is 1.89. The topological polar surface area (TPSA) is 45.2 Å². The van der Waals surface area contributed by atoms with Gasteiger partial charge in [0.2, 0.25) is 0 Å². The summed E-state index contributed by atoms with van der Waals surface area (Å²) < 4.78 is 0. The van der Waals surface area contributed by atoms with Gasteiger partial charge in [0.05, 0.1) is 0 Å². The van der Waals surface area contributed by atoms with E-state index in [0.29, 0.717) is 12.1 Å². The predicted octanol–water partition coefficient (Wildman–Crippen LogP) is 3.55. The fourth-order valence-corrected chi connectivity index (χ4v) is 2.85. The molecular weight excluding hydrogens is 274 g/mol. The van der Waals surface area contributed by atoms with Gasteiger partial charge >= 0.3 is 0 Å². The molecule has 4 heteroatoms. The molecule has 1 aromatic rings. The third kappa shape index (κ3) is 4.58. The van der Waals surface area contributed by atoms with Gasteiger partial charge < -0.3 is 10.2 Å².